The van der Waals surface area contributed by atoms with E-state index in [1.54, 1.807) is 0 Å². The fourth-order valence-electron chi connectivity index (χ4n) is 8.99. The predicted octanol–water partition coefficient (Wildman–Crippen LogP) is 16.4. The van der Waals surface area contributed by atoms with E-state index < -0.39 is 0 Å². The van der Waals surface area contributed by atoms with Crippen LogP contribution in [0.4, 0.5) is 17.1 Å². The van der Waals surface area contributed by atoms with Crippen molar-refractivity contribution in [3.8, 4) is 44.5 Å². The summed E-state index contributed by atoms with van der Waals surface area (Å²) in [5.74, 6) is 0. The van der Waals surface area contributed by atoms with Crippen molar-refractivity contribution in [2.45, 2.75) is 0 Å². The third-order valence-electron chi connectivity index (χ3n) is 11.8. The van der Waals surface area contributed by atoms with Gasteiger partial charge in [-0.25, -0.2) is 0 Å². The summed E-state index contributed by atoms with van der Waals surface area (Å²) in [5.41, 5.74) is 12.8. The van der Waals surface area contributed by atoms with Gasteiger partial charge in [-0.2, -0.15) is 0 Å². The summed E-state index contributed by atoms with van der Waals surface area (Å²) in [5, 5.41) is 10.0. The Morgan fingerprint density at radius 2 is 0.559 bits per heavy atom. The van der Waals surface area contributed by atoms with Crippen molar-refractivity contribution < 1.29 is 0 Å². The standard InChI is InChI=1S/C58H39N/c1-3-17-40(18-4-1)46-33-47(41-19-5-2-6-20-41)37-50(36-46)59(48-25-15-23-42(34-48)57-38-44-21-7-9-27-51(44)53-29-11-13-31-55(53)57)49-26-16-24-43(35-49)58-39-45-22-8-10-28-52(45)54-30-12-14-32-56(54)58/h1-39H. The first kappa shape index (κ1) is 34.5. The molecule has 0 saturated carbocycles. The van der Waals surface area contributed by atoms with Crippen molar-refractivity contribution in [3.05, 3.63) is 237 Å². The van der Waals surface area contributed by atoms with Crippen molar-refractivity contribution >= 4 is 60.2 Å². The van der Waals surface area contributed by atoms with Crippen molar-refractivity contribution in [3.63, 3.8) is 0 Å². The van der Waals surface area contributed by atoms with Gasteiger partial charge in [0, 0.05) is 17.1 Å². The highest BCUT2D eigenvalue weighted by Crippen LogP contribution is 2.44. The number of anilines is 3. The minimum absolute atomic E-state index is 1.09. The molecule has 0 amide bonds. The first-order valence-electron chi connectivity index (χ1n) is 20.3. The van der Waals surface area contributed by atoms with E-state index in [0.29, 0.717) is 0 Å². The van der Waals surface area contributed by atoms with E-state index in [2.05, 4.69) is 241 Å². The van der Waals surface area contributed by atoms with Gasteiger partial charge in [-0.05, 0) is 142 Å². The van der Waals surface area contributed by atoms with E-state index in [1.807, 2.05) is 0 Å². The number of benzene rings is 11. The van der Waals surface area contributed by atoms with Gasteiger partial charge in [0.1, 0.15) is 0 Å². The molecule has 0 heterocycles. The minimum Gasteiger partial charge on any atom is -0.310 e. The van der Waals surface area contributed by atoms with Crippen molar-refractivity contribution in [1.29, 1.82) is 0 Å². The molecule has 0 atom stereocenters. The fourth-order valence-corrected chi connectivity index (χ4v) is 8.99. The molecule has 276 valence electrons. The van der Waals surface area contributed by atoms with Crippen LogP contribution in [-0.2, 0) is 0 Å². The molecule has 0 aliphatic heterocycles. The highest BCUT2D eigenvalue weighted by Gasteiger charge is 2.19. The number of hydrogen-bond acceptors (Lipinski definition) is 1. The zero-order valence-electron chi connectivity index (χ0n) is 32.5. The Hall–Kier alpha value is -7.74. The molecular formula is C58H39N. The van der Waals surface area contributed by atoms with Crippen LogP contribution >= 0.6 is 0 Å². The second-order valence-corrected chi connectivity index (χ2v) is 15.3. The number of hydrogen-bond donors (Lipinski definition) is 0. The largest absolute Gasteiger partial charge is 0.310 e. The Kier molecular flexibility index (Phi) is 8.56. The van der Waals surface area contributed by atoms with Gasteiger partial charge in [-0.15, -0.1) is 0 Å². The molecule has 0 aliphatic carbocycles. The van der Waals surface area contributed by atoms with Crippen LogP contribution < -0.4 is 4.90 Å². The van der Waals surface area contributed by atoms with Crippen LogP contribution in [0.1, 0.15) is 0 Å². The zero-order valence-corrected chi connectivity index (χ0v) is 32.5. The molecule has 11 rings (SSSR count). The van der Waals surface area contributed by atoms with Crippen LogP contribution in [0.3, 0.4) is 0 Å². The van der Waals surface area contributed by atoms with Gasteiger partial charge in [-0.3, -0.25) is 0 Å². The van der Waals surface area contributed by atoms with Crippen LogP contribution in [0.15, 0.2) is 237 Å². The molecule has 0 fully saturated rings. The highest BCUT2D eigenvalue weighted by atomic mass is 15.1. The molecule has 1 nitrogen and oxygen atoms in total. The fraction of sp³-hybridized carbons (Fsp3) is 0. The average molecular weight is 750 g/mol. The Labute approximate surface area is 344 Å². The van der Waals surface area contributed by atoms with E-state index in [1.165, 1.54) is 87.6 Å². The van der Waals surface area contributed by atoms with Crippen molar-refractivity contribution in [1.82, 2.24) is 0 Å². The average Bonchev–Trinajstić information content (AvgIpc) is 3.32. The molecule has 11 aromatic carbocycles. The van der Waals surface area contributed by atoms with E-state index in [-0.39, 0.29) is 0 Å². The third-order valence-corrected chi connectivity index (χ3v) is 11.8. The van der Waals surface area contributed by atoms with Crippen molar-refractivity contribution in [2.75, 3.05) is 4.90 Å². The summed E-state index contributed by atoms with van der Waals surface area (Å²) < 4.78 is 0. The van der Waals surface area contributed by atoms with Gasteiger partial charge in [-0.1, -0.05) is 182 Å². The first-order chi connectivity index (χ1) is 29.2. The topological polar surface area (TPSA) is 3.24 Å². The summed E-state index contributed by atoms with van der Waals surface area (Å²) in [6, 6.07) is 86.4. The van der Waals surface area contributed by atoms with E-state index in [4.69, 9.17) is 0 Å². The number of fused-ring (bicyclic) bond motifs is 6. The van der Waals surface area contributed by atoms with Gasteiger partial charge >= 0.3 is 0 Å². The lowest BCUT2D eigenvalue weighted by atomic mass is 9.92. The molecule has 0 unspecified atom stereocenters. The minimum atomic E-state index is 1.09. The molecule has 0 N–H and O–H groups in total. The number of nitrogens with zero attached hydrogens (tertiary/aromatic N) is 1. The first-order valence-corrected chi connectivity index (χ1v) is 20.3. The van der Waals surface area contributed by atoms with E-state index in [9.17, 15) is 0 Å². The maximum atomic E-state index is 2.44. The molecule has 1 heteroatoms. The van der Waals surface area contributed by atoms with Crippen LogP contribution in [0.5, 0.6) is 0 Å². The highest BCUT2D eigenvalue weighted by molar-refractivity contribution is 6.15. The summed E-state index contributed by atoms with van der Waals surface area (Å²) in [7, 11) is 0. The molecule has 0 aliphatic rings. The Bertz CT molecular complexity index is 3110. The summed E-state index contributed by atoms with van der Waals surface area (Å²) in [6.07, 6.45) is 0. The van der Waals surface area contributed by atoms with Crippen LogP contribution in [0, 0.1) is 0 Å². The zero-order chi connectivity index (χ0) is 39.1. The summed E-state index contributed by atoms with van der Waals surface area (Å²) in [4.78, 5) is 2.44. The quantitative estimate of drug-likeness (QED) is 0.147. The Balaban J connectivity index is 1.16. The van der Waals surface area contributed by atoms with Gasteiger partial charge in [0.15, 0.2) is 0 Å². The Morgan fingerprint density at radius 1 is 0.203 bits per heavy atom. The molecule has 0 spiro atoms. The van der Waals surface area contributed by atoms with Crippen LogP contribution in [0.25, 0.3) is 87.6 Å². The Morgan fingerprint density at radius 3 is 1.02 bits per heavy atom. The summed E-state index contributed by atoms with van der Waals surface area (Å²) in [6.45, 7) is 0. The smallest absolute Gasteiger partial charge is 0.0473 e. The summed E-state index contributed by atoms with van der Waals surface area (Å²) >= 11 is 0. The van der Waals surface area contributed by atoms with Gasteiger partial charge < -0.3 is 4.90 Å². The predicted molar refractivity (Wildman–Crippen MR) is 253 cm³/mol. The maximum Gasteiger partial charge on any atom is 0.0473 e. The molecule has 0 aromatic heterocycles. The molecule has 0 bridgehead atoms. The normalized spacial score (nSPS) is 11.4. The van der Waals surface area contributed by atoms with E-state index in [0.717, 1.165) is 17.1 Å². The molecule has 0 saturated heterocycles. The van der Waals surface area contributed by atoms with E-state index >= 15 is 0 Å². The van der Waals surface area contributed by atoms with Crippen LogP contribution in [0.2, 0.25) is 0 Å². The molecule has 59 heavy (non-hydrogen) atoms. The number of rotatable bonds is 7. The molecular weight excluding hydrogens is 711 g/mol. The van der Waals surface area contributed by atoms with Gasteiger partial charge in [0.25, 0.3) is 0 Å². The third kappa shape index (κ3) is 6.30. The van der Waals surface area contributed by atoms with Gasteiger partial charge in [0.2, 0.25) is 0 Å². The second-order valence-electron chi connectivity index (χ2n) is 15.3. The van der Waals surface area contributed by atoms with Crippen LogP contribution in [-0.4, -0.2) is 0 Å². The lowest BCUT2D eigenvalue weighted by molar-refractivity contribution is 1.28. The second kappa shape index (κ2) is 14.6. The monoisotopic (exact) mass is 749 g/mol. The molecule has 11 aromatic rings. The van der Waals surface area contributed by atoms with Crippen molar-refractivity contribution in [2.24, 2.45) is 0 Å². The molecule has 0 radical (unpaired) electrons. The lowest BCUT2D eigenvalue weighted by Crippen LogP contribution is -2.10. The van der Waals surface area contributed by atoms with Gasteiger partial charge in [0.05, 0.1) is 0 Å². The SMILES string of the molecule is c1ccc(-c2cc(-c3ccccc3)cc(N(c3cccc(-c4cc5ccccc5c5ccccc45)c3)c3cccc(-c4cc5ccccc5c5ccccc45)c3)c2)cc1. The lowest BCUT2D eigenvalue weighted by Gasteiger charge is -2.28. The maximum absolute atomic E-state index is 2.44.